The molecule has 0 fully saturated rings. The summed E-state index contributed by atoms with van der Waals surface area (Å²) in [5, 5.41) is 4.17. The monoisotopic (exact) mass is 1010 g/mol. The van der Waals surface area contributed by atoms with Crippen molar-refractivity contribution in [3.63, 3.8) is 0 Å². The van der Waals surface area contributed by atoms with E-state index in [4.69, 9.17) is 0 Å². The van der Waals surface area contributed by atoms with Gasteiger partial charge < -0.3 is 0 Å². The van der Waals surface area contributed by atoms with Crippen molar-refractivity contribution in [3.8, 4) is 3.44 Å². The van der Waals surface area contributed by atoms with Crippen LogP contribution in [0, 0.1) is 3.44 Å². The van der Waals surface area contributed by atoms with Crippen LogP contribution in [0.1, 0.15) is 249 Å². The van der Waals surface area contributed by atoms with Crippen LogP contribution in [0.4, 0.5) is 0 Å². The van der Waals surface area contributed by atoms with E-state index in [9.17, 15) is 0 Å². The fourth-order valence-electron chi connectivity index (χ4n) is 22.1. The molecule has 0 heterocycles. The molecule has 0 aliphatic heterocycles. The summed E-state index contributed by atoms with van der Waals surface area (Å²) < 4.78 is 4.45. The zero-order valence-electron chi connectivity index (χ0n) is 48.0. The molecule has 0 bridgehead atoms. The van der Waals surface area contributed by atoms with Crippen molar-refractivity contribution in [2.24, 2.45) is 0 Å². The quantitative estimate of drug-likeness (QED) is 0.246. The molecule has 0 amide bonds. The van der Waals surface area contributed by atoms with Gasteiger partial charge in [-0.15, -0.1) is 0 Å². The zero-order chi connectivity index (χ0) is 48.8. The summed E-state index contributed by atoms with van der Waals surface area (Å²) in [6.45, 7) is 99.7. The third kappa shape index (κ3) is 9.17. The summed E-state index contributed by atoms with van der Waals surface area (Å²) in [5.41, 5.74) is 0. The van der Waals surface area contributed by atoms with Crippen molar-refractivity contribution in [2.45, 2.75) is 323 Å². The van der Waals surface area contributed by atoms with Crippen molar-refractivity contribution in [1.82, 2.24) is 0 Å². The molecular weight excluding hydrogens is 900 g/mol. The second kappa shape index (κ2) is 16.9. The van der Waals surface area contributed by atoms with Gasteiger partial charge in [-0.3, -0.25) is 0 Å². The summed E-state index contributed by atoms with van der Waals surface area (Å²) in [7, 11) is -10.3. The van der Waals surface area contributed by atoms with Gasteiger partial charge in [0.1, 0.15) is 0 Å². The average molecular weight is 1010 g/mol. The van der Waals surface area contributed by atoms with Crippen molar-refractivity contribution in [2.75, 3.05) is 0 Å². The van der Waals surface area contributed by atoms with Crippen LogP contribution in [0.3, 0.4) is 0 Å². The Balaban J connectivity index is 0. The van der Waals surface area contributed by atoms with E-state index in [2.05, 4.69) is 266 Å². The summed E-state index contributed by atoms with van der Waals surface area (Å²) in [6, 6.07) is 0. The van der Waals surface area contributed by atoms with Gasteiger partial charge in [0.05, 0.1) is 15.2 Å². The van der Waals surface area contributed by atoms with E-state index in [1.54, 1.807) is 0 Å². The zero-order valence-corrected chi connectivity index (χ0v) is 56.9. The first-order chi connectivity index (χ1) is 24.2. The molecule has 0 saturated carbocycles. The van der Waals surface area contributed by atoms with E-state index in [-0.39, 0.29) is 0 Å². The average Bonchev–Trinajstić information content (AvgIpc) is 2.73. The maximum Gasteiger partial charge on any atom is 0.0580 e. The first-order valence-corrected chi connectivity index (χ1v) is 41.4. The minimum atomic E-state index is -2.03. The summed E-state index contributed by atoms with van der Waals surface area (Å²) >= 11 is 1.54. The van der Waals surface area contributed by atoms with Crippen LogP contribution < -0.4 is 0 Å². The van der Waals surface area contributed by atoms with Gasteiger partial charge in [0, 0.05) is 7.83 Å². The molecular formula is C51H114Si6Sn. The molecule has 0 aliphatic carbocycles. The van der Waals surface area contributed by atoms with E-state index in [0.29, 0.717) is 60.5 Å². The van der Waals surface area contributed by atoms with Gasteiger partial charge in [0.2, 0.25) is 0 Å². The Kier molecular flexibility index (Phi) is 18.1. The molecule has 0 nitrogen and oxygen atoms in total. The minimum absolute atomic E-state index is 0.313. The molecule has 0 aromatic rings. The Morgan fingerprint density at radius 1 is 0.276 bits per heavy atom. The predicted molar refractivity (Wildman–Crippen MR) is 292 cm³/mol. The maximum absolute atomic E-state index is 4.45. The number of hydrogen-bond donors (Lipinski definition) is 0. The Hall–Kier alpha value is 1.88. The van der Waals surface area contributed by atoms with Crippen LogP contribution in [0.25, 0.3) is 0 Å². The predicted octanol–water partition coefficient (Wildman–Crippen LogP) is 19.6. The summed E-state index contributed by atoms with van der Waals surface area (Å²) in [4.78, 5) is 0. The molecule has 0 saturated heterocycles. The summed E-state index contributed by atoms with van der Waals surface area (Å²) in [5.74, 6) is 0. The maximum atomic E-state index is 4.45. The first kappa shape index (κ1) is 62.0. The van der Waals surface area contributed by atoms with Crippen molar-refractivity contribution < 1.29 is 0 Å². The standard InChI is InChI=1S/C26H57Si3.C25H57Si3.Sn/c1-21(2,3)28(22(4,5)6,23(7,8)9)27(19,20)29(24(10,11)12,25(13,14)15)26(16,17)18;1-20(2,3)27(21(4,5)6,22(7,8)9)26(19)28(23(10,11)12,24(13,14)15)25(16,17)18;/h1-19H3;1-19H3;. The molecule has 0 N–H and O–H groups in total. The van der Waals surface area contributed by atoms with Gasteiger partial charge in [0.15, 0.2) is 0 Å². The topological polar surface area (TPSA) is 0 Å². The number of rotatable bonds is 4. The van der Waals surface area contributed by atoms with E-state index >= 15 is 0 Å². The molecule has 0 rings (SSSR count). The Morgan fingerprint density at radius 2 is 0.397 bits per heavy atom. The van der Waals surface area contributed by atoms with Crippen LogP contribution in [0.5, 0.6) is 0 Å². The number of hydrogen-bond acceptors (Lipinski definition) is 0. The molecule has 0 aromatic carbocycles. The van der Waals surface area contributed by atoms with Gasteiger partial charge in [-0.2, -0.15) is 0 Å². The fraction of sp³-hybridized carbons (Fsp3) is 0.980. The Labute approximate surface area is 390 Å². The molecule has 0 atom stereocenters. The van der Waals surface area contributed by atoms with E-state index in [0.717, 1.165) is 0 Å². The van der Waals surface area contributed by atoms with Crippen LogP contribution in [-0.4, -0.2) is 67.2 Å². The largest absolute Gasteiger partial charge is 0.0749 e. The SMILES string of the molecule is CC(C)(C)[Si](C(C)(C)C)(C(C)(C)C)[Si](C)([C]#[Sn])[Si](C(C)(C)C)(C(C)(C)C)C(C)(C)C.C[Si]([Si](C(C)(C)C)(C(C)(C)C)C(C)(C)C)[Si](C(C)(C)C)(C(C)(C)C)C(C)(C)C. The molecule has 0 aliphatic rings. The second-order valence-corrected chi connectivity index (χ2v) is 84.3. The van der Waals surface area contributed by atoms with Crippen LogP contribution in [0.2, 0.25) is 73.6 Å². The van der Waals surface area contributed by atoms with Crippen molar-refractivity contribution >= 4 is 67.2 Å². The Bertz CT molecular complexity index is 1170. The van der Waals surface area contributed by atoms with Gasteiger partial charge >= 0.3 is 209 Å². The van der Waals surface area contributed by atoms with Crippen LogP contribution in [0.15, 0.2) is 0 Å². The smallest absolute Gasteiger partial charge is 0.0580 e. The van der Waals surface area contributed by atoms with E-state index in [1.165, 1.54) is 21.8 Å². The molecule has 0 spiro atoms. The fourth-order valence-corrected chi connectivity index (χ4v) is 178. The van der Waals surface area contributed by atoms with Gasteiger partial charge in [0.25, 0.3) is 0 Å². The minimum Gasteiger partial charge on any atom is -0.0749 e. The van der Waals surface area contributed by atoms with E-state index < -0.39 is 45.3 Å². The third-order valence-electron chi connectivity index (χ3n) is 16.4. The van der Waals surface area contributed by atoms with Crippen molar-refractivity contribution in [1.29, 1.82) is 0 Å². The first-order valence-electron chi connectivity index (χ1n) is 23.5. The molecule has 0 unspecified atom stereocenters. The van der Waals surface area contributed by atoms with Crippen LogP contribution in [-0.2, 0) is 0 Å². The molecule has 346 valence electrons. The summed E-state index contributed by atoms with van der Waals surface area (Å²) in [6.07, 6.45) is 0. The van der Waals surface area contributed by atoms with Gasteiger partial charge in [-0.1, -0.05) is 131 Å². The van der Waals surface area contributed by atoms with Crippen molar-refractivity contribution in [3.05, 3.63) is 0 Å². The normalized spacial score (nSPS) is 16.6. The Morgan fingerprint density at radius 3 is 0.466 bits per heavy atom. The molecule has 0 aromatic heterocycles. The second-order valence-electron chi connectivity index (χ2n) is 31.9. The van der Waals surface area contributed by atoms with E-state index in [1.807, 2.05) is 0 Å². The van der Waals surface area contributed by atoms with Gasteiger partial charge in [-0.25, -0.2) is 0 Å². The van der Waals surface area contributed by atoms with Gasteiger partial charge in [-0.05, 0) is 30.2 Å². The molecule has 2 radical (unpaired) electrons. The van der Waals surface area contributed by atoms with Crippen LogP contribution >= 0.6 is 0 Å². The molecule has 7 heteroatoms. The third-order valence-corrected chi connectivity index (χ3v) is 115. The molecule has 58 heavy (non-hydrogen) atoms.